The number of benzene rings is 1. The van der Waals surface area contributed by atoms with Crippen molar-refractivity contribution in [1.29, 1.82) is 5.26 Å². The van der Waals surface area contributed by atoms with E-state index < -0.39 is 0 Å². The van der Waals surface area contributed by atoms with Crippen LogP contribution in [0.3, 0.4) is 0 Å². The van der Waals surface area contributed by atoms with Gasteiger partial charge in [0.2, 0.25) is 11.6 Å². The molecule has 1 aliphatic rings. The number of oxazole rings is 1. The zero-order valence-electron chi connectivity index (χ0n) is 19.4. The smallest absolute Gasteiger partial charge is 0.252 e. The number of rotatable bonds is 11. The van der Waals surface area contributed by atoms with Gasteiger partial charge in [0, 0.05) is 5.92 Å². The lowest BCUT2D eigenvalue weighted by atomic mass is 9.80. The van der Waals surface area contributed by atoms with Gasteiger partial charge in [0.15, 0.2) is 11.5 Å². The summed E-state index contributed by atoms with van der Waals surface area (Å²) in [6.07, 6.45) is 10.1. The van der Waals surface area contributed by atoms with Gasteiger partial charge in [-0.1, -0.05) is 26.2 Å². The van der Waals surface area contributed by atoms with Crippen LogP contribution in [0.4, 0.5) is 5.88 Å². The molecular formula is C25H34N4O3. The molecule has 2 aromatic rings. The molecule has 0 atom stereocenters. The quantitative estimate of drug-likeness (QED) is 0.329. The molecule has 1 aromatic heterocycles. The Labute approximate surface area is 190 Å². The third-order valence-electron chi connectivity index (χ3n) is 5.86. The second-order valence-corrected chi connectivity index (χ2v) is 8.14. The monoisotopic (exact) mass is 438 g/mol. The van der Waals surface area contributed by atoms with Crippen LogP contribution in [-0.4, -0.2) is 24.4 Å². The molecule has 0 bridgehead atoms. The van der Waals surface area contributed by atoms with Crippen LogP contribution < -0.4 is 14.9 Å². The Balaban J connectivity index is 1.63. The van der Waals surface area contributed by atoms with Crippen molar-refractivity contribution in [1.82, 2.24) is 4.98 Å². The highest BCUT2D eigenvalue weighted by atomic mass is 16.5. The fraction of sp³-hybridized carbons (Fsp3) is 0.560. The van der Waals surface area contributed by atoms with Gasteiger partial charge in [0.25, 0.3) is 5.88 Å². The van der Waals surface area contributed by atoms with Gasteiger partial charge in [0.05, 0.1) is 19.4 Å². The Morgan fingerprint density at radius 3 is 2.59 bits per heavy atom. The molecule has 1 fully saturated rings. The Kier molecular flexibility index (Phi) is 8.97. The van der Waals surface area contributed by atoms with E-state index >= 15 is 0 Å². The second kappa shape index (κ2) is 12.1. The van der Waals surface area contributed by atoms with E-state index in [9.17, 15) is 5.26 Å². The standard InChI is InChI=1S/C25H34N4O3/c1-4-7-8-18-9-12-20(13-10-18)24-28-21(16-26)25(32-24)29-27-17-19-11-14-22(30-5-2)23(15-19)31-6-3/h11,14-15,17-18,20,29H,4-10,12-13H2,1-3H3/b27-17+. The first kappa shape index (κ1) is 23.6. The molecule has 0 amide bonds. The predicted molar refractivity (Wildman–Crippen MR) is 125 cm³/mol. The summed E-state index contributed by atoms with van der Waals surface area (Å²) in [6, 6.07) is 7.74. The maximum absolute atomic E-state index is 9.47. The molecule has 172 valence electrons. The van der Waals surface area contributed by atoms with Gasteiger partial charge in [0.1, 0.15) is 6.07 Å². The largest absolute Gasteiger partial charge is 0.490 e. The van der Waals surface area contributed by atoms with Gasteiger partial charge in [-0.25, -0.2) is 10.4 Å². The van der Waals surface area contributed by atoms with Crippen molar-refractivity contribution in [3.63, 3.8) is 0 Å². The summed E-state index contributed by atoms with van der Waals surface area (Å²) in [5, 5.41) is 13.7. The molecule has 0 saturated heterocycles. The van der Waals surface area contributed by atoms with Gasteiger partial charge in [-0.05, 0) is 69.2 Å². The summed E-state index contributed by atoms with van der Waals surface area (Å²) >= 11 is 0. The molecule has 3 rings (SSSR count). The summed E-state index contributed by atoms with van der Waals surface area (Å²) in [4.78, 5) is 4.44. The second-order valence-electron chi connectivity index (χ2n) is 8.14. The van der Waals surface area contributed by atoms with Crippen molar-refractivity contribution >= 4 is 12.1 Å². The summed E-state index contributed by atoms with van der Waals surface area (Å²) in [6.45, 7) is 7.23. The van der Waals surface area contributed by atoms with Crippen LogP contribution in [0.5, 0.6) is 11.5 Å². The molecule has 1 saturated carbocycles. The van der Waals surface area contributed by atoms with Crippen LogP contribution in [-0.2, 0) is 0 Å². The van der Waals surface area contributed by atoms with E-state index in [0.717, 1.165) is 24.3 Å². The Hall–Kier alpha value is -3.01. The number of aromatic nitrogens is 1. The van der Waals surface area contributed by atoms with Crippen LogP contribution in [0.2, 0.25) is 0 Å². The molecule has 0 unspecified atom stereocenters. The van der Waals surface area contributed by atoms with Crippen molar-refractivity contribution < 1.29 is 13.9 Å². The Bertz CT molecular complexity index is 924. The van der Waals surface area contributed by atoms with Crippen LogP contribution >= 0.6 is 0 Å². The number of ether oxygens (including phenoxy) is 2. The van der Waals surface area contributed by atoms with Crippen molar-refractivity contribution in [3.8, 4) is 17.6 Å². The molecule has 1 N–H and O–H groups in total. The van der Waals surface area contributed by atoms with E-state index in [2.05, 4.69) is 28.5 Å². The lowest BCUT2D eigenvalue weighted by Crippen LogP contribution is -2.13. The lowest BCUT2D eigenvalue weighted by molar-refractivity contribution is 0.278. The number of hydrazone groups is 1. The zero-order chi connectivity index (χ0) is 22.8. The molecule has 0 radical (unpaired) electrons. The molecule has 1 heterocycles. The van der Waals surface area contributed by atoms with Crippen LogP contribution in [0.15, 0.2) is 27.7 Å². The van der Waals surface area contributed by atoms with Crippen LogP contribution in [0.25, 0.3) is 0 Å². The molecule has 1 aliphatic carbocycles. The van der Waals surface area contributed by atoms with E-state index in [4.69, 9.17) is 13.9 Å². The number of hydrogen-bond acceptors (Lipinski definition) is 7. The first-order chi connectivity index (χ1) is 15.7. The topological polar surface area (TPSA) is 92.7 Å². The van der Waals surface area contributed by atoms with Crippen molar-refractivity contribution in [2.24, 2.45) is 11.0 Å². The molecule has 32 heavy (non-hydrogen) atoms. The fourth-order valence-electron chi connectivity index (χ4n) is 4.17. The predicted octanol–water partition coefficient (Wildman–Crippen LogP) is 6.25. The van der Waals surface area contributed by atoms with E-state index in [0.29, 0.717) is 36.5 Å². The van der Waals surface area contributed by atoms with Crippen LogP contribution in [0.1, 0.15) is 88.8 Å². The Morgan fingerprint density at radius 2 is 1.91 bits per heavy atom. The normalized spacial score (nSPS) is 18.4. The fourth-order valence-corrected chi connectivity index (χ4v) is 4.17. The Morgan fingerprint density at radius 1 is 1.16 bits per heavy atom. The van der Waals surface area contributed by atoms with Gasteiger partial charge < -0.3 is 13.9 Å². The number of nitriles is 1. The lowest BCUT2D eigenvalue weighted by Gasteiger charge is -2.26. The highest BCUT2D eigenvalue weighted by Crippen LogP contribution is 2.38. The van der Waals surface area contributed by atoms with Crippen LogP contribution in [0, 0.1) is 17.2 Å². The number of hydrogen-bond donors (Lipinski definition) is 1. The molecule has 7 heteroatoms. The highest BCUT2D eigenvalue weighted by molar-refractivity contribution is 5.81. The average molecular weight is 439 g/mol. The SMILES string of the molecule is CCCCC1CCC(c2nc(C#N)c(N/N=C/c3ccc(OCC)c(OCC)c3)o2)CC1. The third-order valence-corrected chi connectivity index (χ3v) is 5.86. The first-order valence-corrected chi connectivity index (χ1v) is 11.8. The number of anilines is 1. The van der Waals surface area contributed by atoms with Gasteiger partial charge in [-0.2, -0.15) is 10.4 Å². The molecule has 0 spiro atoms. The van der Waals surface area contributed by atoms with Gasteiger partial charge >= 0.3 is 0 Å². The summed E-state index contributed by atoms with van der Waals surface area (Å²) in [5.74, 6) is 3.41. The highest BCUT2D eigenvalue weighted by Gasteiger charge is 2.27. The summed E-state index contributed by atoms with van der Waals surface area (Å²) in [5.41, 5.74) is 3.93. The molecule has 1 aromatic carbocycles. The first-order valence-electron chi connectivity index (χ1n) is 11.8. The minimum Gasteiger partial charge on any atom is -0.490 e. The zero-order valence-corrected chi connectivity index (χ0v) is 19.4. The minimum atomic E-state index is 0.243. The van der Waals surface area contributed by atoms with Crippen molar-refractivity contribution in [3.05, 3.63) is 35.3 Å². The number of nitrogens with zero attached hydrogens (tertiary/aromatic N) is 3. The molecule has 0 aliphatic heterocycles. The van der Waals surface area contributed by atoms with Crippen molar-refractivity contribution in [2.45, 2.75) is 71.6 Å². The van der Waals surface area contributed by atoms with E-state index in [1.54, 1.807) is 6.21 Å². The molecular weight excluding hydrogens is 404 g/mol. The summed E-state index contributed by atoms with van der Waals surface area (Å²) in [7, 11) is 0. The van der Waals surface area contributed by atoms with E-state index in [1.165, 1.54) is 32.1 Å². The number of nitrogens with one attached hydrogen (secondary N) is 1. The van der Waals surface area contributed by atoms with Gasteiger partial charge in [-0.15, -0.1) is 0 Å². The van der Waals surface area contributed by atoms with Gasteiger partial charge in [-0.3, -0.25) is 0 Å². The summed E-state index contributed by atoms with van der Waals surface area (Å²) < 4.78 is 17.2. The maximum Gasteiger partial charge on any atom is 0.252 e. The number of unbranched alkanes of at least 4 members (excludes halogenated alkanes) is 1. The average Bonchev–Trinajstić information content (AvgIpc) is 3.23. The van der Waals surface area contributed by atoms with Crippen molar-refractivity contribution in [2.75, 3.05) is 18.6 Å². The minimum absolute atomic E-state index is 0.243. The third kappa shape index (κ3) is 6.25. The van der Waals surface area contributed by atoms with E-state index in [1.807, 2.05) is 32.0 Å². The maximum atomic E-state index is 9.47. The van der Waals surface area contributed by atoms with E-state index in [-0.39, 0.29) is 11.6 Å². The molecule has 7 nitrogen and oxygen atoms in total.